The van der Waals surface area contributed by atoms with Crippen LogP contribution in [0.15, 0.2) is 34.6 Å². The van der Waals surface area contributed by atoms with Gasteiger partial charge in [0.1, 0.15) is 10.2 Å². The molecule has 142 valence electrons. The summed E-state index contributed by atoms with van der Waals surface area (Å²) < 4.78 is 12.8. The Morgan fingerprint density at radius 3 is 2.44 bits per heavy atom. The average molecular weight is 412 g/mol. The molecule has 1 atom stereocenters. The van der Waals surface area contributed by atoms with Gasteiger partial charge in [0.15, 0.2) is 0 Å². The highest BCUT2D eigenvalue weighted by atomic mass is 79.9. The Hall–Kier alpha value is -1.03. The van der Waals surface area contributed by atoms with Gasteiger partial charge < -0.3 is 9.47 Å². The molecule has 0 aliphatic rings. The van der Waals surface area contributed by atoms with Crippen LogP contribution in [0.5, 0.6) is 5.88 Å². The molecule has 1 heterocycles. The number of rotatable bonds is 10. The predicted molar refractivity (Wildman–Crippen MR) is 109 cm³/mol. The minimum atomic E-state index is -0.160. The van der Waals surface area contributed by atoms with Crippen LogP contribution in [0.3, 0.4) is 0 Å². The van der Waals surface area contributed by atoms with Gasteiger partial charge in [-0.3, -0.25) is 0 Å². The normalized spacial score (nSPS) is 14.9. The summed E-state index contributed by atoms with van der Waals surface area (Å²) in [6, 6.07) is 5.72. The molecule has 0 amide bonds. The van der Waals surface area contributed by atoms with E-state index in [1.807, 2.05) is 18.2 Å². The van der Waals surface area contributed by atoms with Gasteiger partial charge in [0.2, 0.25) is 5.88 Å². The zero-order valence-electron chi connectivity index (χ0n) is 16.7. The van der Waals surface area contributed by atoms with Crippen molar-refractivity contribution < 1.29 is 9.47 Å². The zero-order valence-corrected chi connectivity index (χ0v) is 18.3. The van der Waals surface area contributed by atoms with Crippen molar-refractivity contribution in [1.29, 1.82) is 0 Å². The maximum Gasteiger partial charge on any atom is 0.214 e. The minimum Gasteiger partial charge on any atom is -0.492 e. The van der Waals surface area contributed by atoms with Gasteiger partial charge in [0.05, 0.1) is 12.4 Å². The molecule has 1 unspecified atom stereocenters. The average Bonchev–Trinajstić information content (AvgIpc) is 2.53. The Morgan fingerprint density at radius 1 is 1.16 bits per heavy atom. The molecular weight excluding hydrogens is 378 g/mol. The Bertz CT molecular complexity index is 551. The fraction of sp³-hybridized carbons (Fsp3) is 0.667. The molecule has 0 fully saturated rings. The second-order valence-electron chi connectivity index (χ2n) is 7.71. The summed E-state index contributed by atoms with van der Waals surface area (Å²) in [5.74, 6) is 1.81. The first-order chi connectivity index (χ1) is 11.7. The van der Waals surface area contributed by atoms with Crippen molar-refractivity contribution in [2.24, 2.45) is 5.41 Å². The molecule has 0 aromatic carbocycles. The van der Waals surface area contributed by atoms with Crippen LogP contribution in [-0.4, -0.2) is 17.2 Å². The molecule has 1 aromatic heterocycles. The zero-order chi connectivity index (χ0) is 18.9. The molecule has 0 aliphatic carbocycles. The smallest absolute Gasteiger partial charge is 0.214 e. The quantitative estimate of drug-likeness (QED) is 0.237. The lowest BCUT2D eigenvalue weighted by molar-refractivity contribution is 0.00893. The number of hydrogen-bond acceptors (Lipinski definition) is 3. The summed E-state index contributed by atoms with van der Waals surface area (Å²) in [5.41, 5.74) is -0.0791. The van der Waals surface area contributed by atoms with Crippen LogP contribution < -0.4 is 4.74 Å². The number of hydrogen-bond donors (Lipinski definition) is 0. The van der Waals surface area contributed by atoms with E-state index in [2.05, 4.69) is 68.5 Å². The number of halogens is 1. The molecule has 1 rings (SSSR count). The van der Waals surface area contributed by atoms with Crippen LogP contribution in [0.2, 0.25) is 0 Å². The van der Waals surface area contributed by atoms with Gasteiger partial charge >= 0.3 is 0 Å². The molecule has 4 heteroatoms. The predicted octanol–water partition coefficient (Wildman–Crippen LogP) is 6.92. The van der Waals surface area contributed by atoms with E-state index < -0.39 is 0 Å². The van der Waals surface area contributed by atoms with E-state index in [1.54, 1.807) is 0 Å². The first-order valence-electron chi connectivity index (χ1n) is 9.35. The Labute approximate surface area is 162 Å². The summed E-state index contributed by atoms with van der Waals surface area (Å²) in [4.78, 5) is 4.29. The van der Waals surface area contributed by atoms with Crippen LogP contribution in [0, 0.1) is 5.41 Å². The van der Waals surface area contributed by atoms with Gasteiger partial charge in [-0.1, -0.05) is 26.8 Å². The fourth-order valence-electron chi connectivity index (χ4n) is 2.66. The Balaban J connectivity index is 2.54. The van der Waals surface area contributed by atoms with E-state index in [1.165, 1.54) is 0 Å². The molecule has 0 radical (unpaired) electrons. The van der Waals surface area contributed by atoms with Crippen molar-refractivity contribution >= 4 is 15.9 Å². The summed E-state index contributed by atoms with van der Waals surface area (Å²) in [5, 5.41) is 0. The first kappa shape index (κ1) is 22.0. The highest BCUT2D eigenvalue weighted by molar-refractivity contribution is 9.10. The summed E-state index contributed by atoms with van der Waals surface area (Å²) in [6.07, 6.45) is 7.53. The number of aromatic nitrogens is 1. The number of ether oxygens (including phenoxy) is 2. The van der Waals surface area contributed by atoms with Gasteiger partial charge in [-0.25, -0.2) is 4.98 Å². The lowest BCUT2D eigenvalue weighted by Crippen LogP contribution is -2.28. The molecule has 25 heavy (non-hydrogen) atoms. The van der Waals surface area contributed by atoms with E-state index in [-0.39, 0.29) is 11.0 Å². The maximum atomic E-state index is 6.29. The van der Waals surface area contributed by atoms with Crippen molar-refractivity contribution in [2.45, 2.75) is 79.2 Å². The Morgan fingerprint density at radius 2 is 1.88 bits per heavy atom. The van der Waals surface area contributed by atoms with Gasteiger partial charge in [-0.15, -0.1) is 0 Å². The number of nitrogens with zero attached hydrogens (tertiary/aromatic N) is 1. The molecule has 1 aromatic rings. The highest BCUT2D eigenvalue weighted by Crippen LogP contribution is 2.39. The van der Waals surface area contributed by atoms with Crippen LogP contribution in [0.1, 0.15) is 73.6 Å². The molecule has 0 aliphatic heterocycles. The number of allylic oxidation sites excluding steroid dienone is 2. The second kappa shape index (κ2) is 10.2. The second-order valence-corrected chi connectivity index (χ2v) is 8.52. The SMILES string of the molecule is CCC=C(OC(C)(C)C)C(C)(CC)CCCCOc1cccc(Br)n1. The Kier molecular flexibility index (Phi) is 8.98. The fourth-order valence-corrected chi connectivity index (χ4v) is 2.99. The van der Waals surface area contributed by atoms with Crippen LogP contribution in [0.4, 0.5) is 0 Å². The molecule has 0 saturated carbocycles. The third kappa shape index (κ3) is 8.26. The van der Waals surface area contributed by atoms with Crippen molar-refractivity contribution in [2.75, 3.05) is 6.61 Å². The van der Waals surface area contributed by atoms with E-state index in [4.69, 9.17) is 9.47 Å². The highest BCUT2D eigenvalue weighted by Gasteiger charge is 2.30. The first-order valence-corrected chi connectivity index (χ1v) is 10.1. The monoisotopic (exact) mass is 411 g/mol. The van der Waals surface area contributed by atoms with Crippen molar-refractivity contribution in [1.82, 2.24) is 4.98 Å². The van der Waals surface area contributed by atoms with E-state index >= 15 is 0 Å². The topological polar surface area (TPSA) is 31.4 Å². The summed E-state index contributed by atoms with van der Waals surface area (Å²) >= 11 is 3.36. The minimum absolute atomic E-state index is 0.0807. The molecular formula is C21H34BrNO2. The standard InChI is InChI=1S/C21H34BrNO2/c1-7-12-17(25-20(3,4)5)21(6,8-2)15-9-10-16-24-19-14-11-13-18(22)23-19/h11-14H,7-10,15-16H2,1-6H3. The van der Waals surface area contributed by atoms with Gasteiger partial charge in [0, 0.05) is 11.5 Å². The van der Waals surface area contributed by atoms with Crippen LogP contribution in [0.25, 0.3) is 0 Å². The van der Waals surface area contributed by atoms with E-state index in [9.17, 15) is 0 Å². The summed E-state index contributed by atoms with van der Waals surface area (Å²) in [7, 11) is 0. The third-order valence-corrected chi connectivity index (χ3v) is 4.68. The van der Waals surface area contributed by atoms with Gasteiger partial charge in [0.25, 0.3) is 0 Å². The maximum absolute atomic E-state index is 6.29. The molecule has 0 saturated heterocycles. The number of unbranched alkanes of at least 4 members (excludes halogenated alkanes) is 1. The molecule has 3 nitrogen and oxygen atoms in total. The molecule has 0 N–H and O–H groups in total. The van der Waals surface area contributed by atoms with Crippen molar-refractivity contribution in [3.05, 3.63) is 34.6 Å². The lowest BCUT2D eigenvalue weighted by Gasteiger charge is -2.36. The third-order valence-electron chi connectivity index (χ3n) is 4.24. The molecule has 0 bridgehead atoms. The summed E-state index contributed by atoms with van der Waals surface area (Å²) in [6.45, 7) is 13.8. The van der Waals surface area contributed by atoms with Gasteiger partial charge in [-0.05, 0) is 80.9 Å². The van der Waals surface area contributed by atoms with Crippen LogP contribution in [-0.2, 0) is 4.74 Å². The molecule has 0 spiro atoms. The van der Waals surface area contributed by atoms with Crippen LogP contribution >= 0.6 is 15.9 Å². The van der Waals surface area contributed by atoms with E-state index in [0.29, 0.717) is 12.5 Å². The van der Waals surface area contributed by atoms with E-state index in [0.717, 1.165) is 42.5 Å². The van der Waals surface area contributed by atoms with Gasteiger partial charge in [-0.2, -0.15) is 0 Å². The largest absolute Gasteiger partial charge is 0.492 e. The lowest BCUT2D eigenvalue weighted by atomic mass is 9.79. The van der Waals surface area contributed by atoms with Crippen molar-refractivity contribution in [3.8, 4) is 5.88 Å². The number of pyridine rings is 1. The van der Waals surface area contributed by atoms with Crippen molar-refractivity contribution in [3.63, 3.8) is 0 Å².